The molecule has 2 aromatic carbocycles. The summed E-state index contributed by atoms with van der Waals surface area (Å²) in [6.45, 7) is 4.71. The fraction of sp³-hybridized carbons (Fsp3) is 0.238. The summed E-state index contributed by atoms with van der Waals surface area (Å²) in [6, 6.07) is 13.9. The Morgan fingerprint density at radius 1 is 1.19 bits per heavy atom. The topological polar surface area (TPSA) is 56.1 Å². The number of carbonyl (C=O) groups excluding carboxylic acids is 1. The average molecular weight is 367 g/mol. The lowest BCUT2D eigenvalue weighted by Gasteiger charge is -2.11. The number of aryl methyl sites for hydroxylation is 2. The molecule has 0 aliphatic rings. The van der Waals surface area contributed by atoms with Gasteiger partial charge in [0.05, 0.1) is 18.0 Å². The zero-order valence-corrected chi connectivity index (χ0v) is 15.6. The zero-order chi connectivity index (χ0) is 19.4. The average Bonchev–Trinajstić information content (AvgIpc) is 3.09. The van der Waals surface area contributed by atoms with Gasteiger partial charge in [0.25, 0.3) is 5.91 Å². The van der Waals surface area contributed by atoms with Crippen LogP contribution in [0.15, 0.2) is 48.5 Å². The lowest BCUT2D eigenvalue weighted by atomic mass is 10.1. The molecule has 0 radical (unpaired) electrons. The number of ether oxygens (including phenoxy) is 1. The van der Waals surface area contributed by atoms with Crippen LogP contribution in [0.3, 0.4) is 0 Å². The van der Waals surface area contributed by atoms with E-state index < -0.39 is 0 Å². The van der Waals surface area contributed by atoms with E-state index in [4.69, 9.17) is 4.74 Å². The predicted molar refractivity (Wildman–Crippen MR) is 103 cm³/mol. The number of benzene rings is 2. The van der Waals surface area contributed by atoms with E-state index in [1.54, 1.807) is 36.1 Å². The van der Waals surface area contributed by atoms with E-state index in [1.807, 2.05) is 32.0 Å². The van der Waals surface area contributed by atoms with Crippen LogP contribution in [0.4, 0.5) is 4.39 Å². The first-order valence-electron chi connectivity index (χ1n) is 8.71. The van der Waals surface area contributed by atoms with Gasteiger partial charge in [0.2, 0.25) is 0 Å². The van der Waals surface area contributed by atoms with E-state index in [-0.39, 0.29) is 11.7 Å². The van der Waals surface area contributed by atoms with Gasteiger partial charge in [-0.2, -0.15) is 5.10 Å². The van der Waals surface area contributed by atoms with Crippen molar-refractivity contribution in [2.75, 3.05) is 20.3 Å². The molecule has 6 heteroatoms. The summed E-state index contributed by atoms with van der Waals surface area (Å²) in [7, 11) is 1.57. The molecule has 1 N–H and O–H groups in total. The molecule has 0 saturated heterocycles. The highest BCUT2D eigenvalue weighted by atomic mass is 19.1. The molecule has 0 aliphatic heterocycles. The molecule has 3 aromatic rings. The molecule has 0 aliphatic carbocycles. The Bertz CT molecular complexity index is 966. The fourth-order valence-electron chi connectivity index (χ4n) is 2.83. The van der Waals surface area contributed by atoms with E-state index >= 15 is 0 Å². The molecule has 0 atom stereocenters. The molecular weight excluding hydrogens is 345 g/mol. The Morgan fingerprint density at radius 2 is 1.96 bits per heavy atom. The van der Waals surface area contributed by atoms with Crippen molar-refractivity contribution in [1.82, 2.24) is 15.1 Å². The first-order chi connectivity index (χ1) is 13.0. The maximum atomic E-state index is 14.2. The van der Waals surface area contributed by atoms with Crippen molar-refractivity contribution in [3.8, 4) is 16.9 Å². The number of aromatic nitrogens is 2. The molecule has 1 aromatic heterocycles. The minimum Gasteiger partial charge on any atom is -0.383 e. The van der Waals surface area contributed by atoms with Gasteiger partial charge in [0, 0.05) is 19.2 Å². The number of amides is 1. The summed E-state index contributed by atoms with van der Waals surface area (Å²) in [6.07, 6.45) is 0. The van der Waals surface area contributed by atoms with Gasteiger partial charge in [-0.05, 0) is 49.2 Å². The molecule has 0 fully saturated rings. The second-order valence-corrected chi connectivity index (χ2v) is 6.35. The zero-order valence-electron chi connectivity index (χ0n) is 15.6. The van der Waals surface area contributed by atoms with E-state index in [0.717, 1.165) is 16.8 Å². The highest BCUT2D eigenvalue weighted by Gasteiger charge is 2.20. The van der Waals surface area contributed by atoms with Crippen LogP contribution in [0.25, 0.3) is 16.9 Å². The van der Waals surface area contributed by atoms with Crippen molar-refractivity contribution in [1.29, 1.82) is 0 Å². The van der Waals surface area contributed by atoms with Crippen LogP contribution in [0.5, 0.6) is 0 Å². The van der Waals surface area contributed by atoms with Gasteiger partial charge in [-0.15, -0.1) is 0 Å². The highest BCUT2D eigenvalue weighted by Crippen LogP contribution is 2.25. The standard InChI is InChI=1S/C21H22FN3O2/c1-14-8-9-15(2)19(12-14)25-20(21(26)23-10-11-27-3)13-18(24-25)16-6-4-5-7-17(16)22/h4-9,12-13H,10-11H2,1-3H3,(H,23,26). The Balaban J connectivity index is 2.11. The number of nitrogens with zero attached hydrogens (tertiary/aromatic N) is 2. The lowest BCUT2D eigenvalue weighted by Crippen LogP contribution is -2.29. The highest BCUT2D eigenvalue weighted by molar-refractivity contribution is 5.94. The Kier molecular flexibility index (Phi) is 5.66. The van der Waals surface area contributed by atoms with Gasteiger partial charge in [-0.1, -0.05) is 24.3 Å². The predicted octanol–water partition coefficient (Wildman–Crippen LogP) is 3.67. The molecular formula is C21H22FN3O2. The Hall–Kier alpha value is -2.99. The maximum Gasteiger partial charge on any atom is 0.270 e. The van der Waals surface area contributed by atoms with Gasteiger partial charge in [-0.3, -0.25) is 4.79 Å². The van der Waals surface area contributed by atoms with Gasteiger partial charge in [-0.25, -0.2) is 9.07 Å². The Labute approximate surface area is 157 Å². The van der Waals surface area contributed by atoms with E-state index in [9.17, 15) is 9.18 Å². The molecule has 27 heavy (non-hydrogen) atoms. The van der Waals surface area contributed by atoms with Gasteiger partial charge >= 0.3 is 0 Å². The largest absolute Gasteiger partial charge is 0.383 e. The van der Waals surface area contributed by atoms with Gasteiger partial charge in [0.15, 0.2) is 0 Å². The molecule has 0 unspecified atom stereocenters. The summed E-state index contributed by atoms with van der Waals surface area (Å²) in [5.74, 6) is -0.669. The van der Waals surface area contributed by atoms with Crippen molar-refractivity contribution in [3.05, 3.63) is 71.2 Å². The van der Waals surface area contributed by atoms with Crippen molar-refractivity contribution >= 4 is 5.91 Å². The minimum absolute atomic E-state index is 0.289. The second-order valence-electron chi connectivity index (χ2n) is 6.35. The molecule has 0 spiro atoms. The van der Waals surface area contributed by atoms with Crippen molar-refractivity contribution in [3.63, 3.8) is 0 Å². The van der Waals surface area contributed by atoms with E-state index in [2.05, 4.69) is 10.4 Å². The quantitative estimate of drug-likeness (QED) is 0.677. The molecule has 140 valence electrons. The van der Waals surface area contributed by atoms with Gasteiger partial charge in [0.1, 0.15) is 11.5 Å². The number of hydrogen-bond donors (Lipinski definition) is 1. The molecule has 0 bridgehead atoms. The van der Waals surface area contributed by atoms with E-state index in [0.29, 0.717) is 30.1 Å². The van der Waals surface area contributed by atoms with Crippen LogP contribution >= 0.6 is 0 Å². The smallest absolute Gasteiger partial charge is 0.270 e. The lowest BCUT2D eigenvalue weighted by molar-refractivity contribution is 0.0929. The van der Waals surface area contributed by atoms with Crippen molar-refractivity contribution in [2.45, 2.75) is 13.8 Å². The Morgan fingerprint density at radius 3 is 2.70 bits per heavy atom. The summed E-state index contributed by atoms with van der Waals surface area (Å²) in [5, 5.41) is 7.35. The van der Waals surface area contributed by atoms with Gasteiger partial charge < -0.3 is 10.1 Å². The first-order valence-corrected chi connectivity index (χ1v) is 8.71. The van der Waals surface area contributed by atoms with Crippen LogP contribution in [-0.2, 0) is 4.74 Å². The molecule has 1 amide bonds. The third-order valence-corrected chi connectivity index (χ3v) is 4.28. The number of methoxy groups -OCH3 is 1. The summed E-state index contributed by atoms with van der Waals surface area (Å²) < 4.78 is 20.8. The van der Waals surface area contributed by atoms with Crippen LogP contribution < -0.4 is 5.32 Å². The number of rotatable bonds is 6. The molecule has 0 saturated carbocycles. The second kappa shape index (κ2) is 8.14. The summed E-state index contributed by atoms with van der Waals surface area (Å²) in [4.78, 5) is 12.7. The molecule has 5 nitrogen and oxygen atoms in total. The number of carbonyl (C=O) groups is 1. The number of nitrogens with one attached hydrogen (secondary N) is 1. The fourth-order valence-corrected chi connectivity index (χ4v) is 2.83. The van der Waals surface area contributed by atoms with Crippen LogP contribution in [0.1, 0.15) is 21.6 Å². The normalized spacial score (nSPS) is 10.8. The van der Waals surface area contributed by atoms with E-state index in [1.165, 1.54) is 6.07 Å². The van der Waals surface area contributed by atoms with Crippen LogP contribution in [-0.4, -0.2) is 35.9 Å². The third kappa shape index (κ3) is 4.06. The first kappa shape index (κ1) is 18.8. The van der Waals surface area contributed by atoms with Crippen molar-refractivity contribution < 1.29 is 13.9 Å². The maximum absolute atomic E-state index is 14.2. The summed E-state index contributed by atoms with van der Waals surface area (Å²) >= 11 is 0. The minimum atomic E-state index is -0.380. The number of halogens is 1. The monoisotopic (exact) mass is 367 g/mol. The van der Waals surface area contributed by atoms with Crippen LogP contribution in [0.2, 0.25) is 0 Å². The third-order valence-electron chi connectivity index (χ3n) is 4.28. The number of hydrogen-bond acceptors (Lipinski definition) is 3. The summed E-state index contributed by atoms with van der Waals surface area (Å²) in [5.41, 5.74) is 3.91. The molecule has 3 rings (SSSR count). The SMILES string of the molecule is COCCNC(=O)c1cc(-c2ccccc2F)nn1-c1cc(C)ccc1C. The van der Waals surface area contributed by atoms with Crippen LogP contribution in [0, 0.1) is 19.7 Å². The molecule has 1 heterocycles. The van der Waals surface area contributed by atoms with Crippen molar-refractivity contribution in [2.24, 2.45) is 0 Å².